The third kappa shape index (κ3) is 5.43. The van der Waals surface area contributed by atoms with E-state index >= 15 is 0 Å². The van der Waals surface area contributed by atoms with E-state index in [9.17, 15) is 4.79 Å². The zero-order chi connectivity index (χ0) is 26.0. The third-order valence-electron chi connectivity index (χ3n) is 5.78. The number of carbonyl (C=O) groups excluding carboxylic acids is 1. The Labute approximate surface area is 213 Å². The van der Waals surface area contributed by atoms with Crippen LogP contribution in [0.25, 0.3) is 0 Å². The van der Waals surface area contributed by atoms with Crippen molar-refractivity contribution in [2.75, 3.05) is 31.0 Å². The van der Waals surface area contributed by atoms with Crippen molar-refractivity contribution in [3.8, 4) is 0 Å². The molecule has 0 amide bonds. The first-order chi connectivity index (χ1) is 17.2. The first-order valence-corrected chi connectivity index (χ1v) is 13.9. The van der Waals surface area contributed by atoms with Gasteiger partial charge in [-0.15, -0.1) is 5.09 Å². The summed E-state index contributed by atoms with van der Waals surface area (Å²) in [4.78, 5) is 26.5. The number of fused-ring (bicyclic) bond motifs is 2. The van der Waals surface area contributed by atoms with Crippen molar-refractivity contribution < 1.29 is 43.5 Å². The number of aliphatic imine (C=N–C) groups is 1. The Bertz CT molecular complexity index is 980. The zero-order valence-electron chi connectivity index (χ0n) is 20.3. The van der Waals surface area contributed by atoms with Crippen LogP contribution in [0.5, 0.6) is 0 Å². The minimum absolute atomic E-state index is 0.0462. The van der Waals surface area contributed by atoms with E-state index in [4.69, 9.17) is 50.8 Å². The fourth-order valence-electron chi connectivity index (χ4n) is 3.99. The van der Waals surface area contributed by atoms with Crippen LogP contribution in [0.4, 0.5) is 17.3 Å². The minimum Gasteiger partial charge on any atom is -0.468 e. The van der Waals surface area contributed by atoms with Crippen LogP contribution in [-0.2, 0) is 49.9 Å². The van der Waals surface area contributed by atoms with Gasteiger partial charge in [0.15, 0.2) is 11.9 Å². The summed E-state index contributed by atoms with van der Waals surface area (Å²) in [6, 6.07) is -0.747. The lowest BCUT2D eigenvalue weighted by molar-refractivity contribution is -0.639. The molecular weight excluding hydrogens is 517 g/mol. The Morgan fingerprint density at radius 3 is 2.78 bits per heavy atom. The number of aromatic nitrogens is 2. The molecule has 36 heavy (non-hydrogen) atoms. The highest BCUT2D eigenvalue weighted by Gasteiger charge is 2.59. The number of hydrogen-bond acceptors (Lipinski definition) is 15. The number of nitrogens with zero attached hydrogens (tertiary/aromatic N) is 4. The molecule has 6 N–H and O–H groups in total. The average Bonchev–Trinajstić information content (AvgIpc) is 3.55. The van der Waals surface area contributed by atoms with Crippen LogP contribution < -0.4 is 26.6 Å². The van der Waals surface area contributed by atoms with Crippen molar-refractivity contribution >= 4 is 48.9 Å². The van der Waals surface area contributed by atoms with Crippen LogP contribution in [0.1, 0.15) is 20.8 Å². The van der Waals surface area contributed by atoms with Gasteiger partial charge in [-0.25, -0.2) is 9.51 Å². The molecule has 0 aromatic carbocycles. The topological polar surface area (TPSA) is 190 Å². The Hall–Kier alpha value is -1.72. The van der Waals surface area contributed by atoms with E-state index in [1.807, 2.05) is 20.8 Å². The summed E-state index contributed by atoms with van der Waals surface area (Å²) >= 11 is 5.56. The fraction of sp³-hybridized carbons (Fsp3) is 0.684. The summed E-state index contributed by atoms with van der Waals surface area (Å²) in [6.45, 7) is 4.97. The number of rotatable bonds is 11. The number of methoxy groups -OCH3 is 1. The van der Waals surface area contributed by atoms with E-state index in [1.54, 1.807) is 11.2 Å². The molecule has 3 unspecified atom stereocenters. The van der Waals surface area contributed by atoms with Gasteiger partial charge in [0, 0.05) is 6.61 Å². The predicted octanol–water partition coefficient (Wildman–Crippen LogP) is -1.09. The summed E-state index contributed by atoms with van der Waals surface area (Å²) in [6.07, 6.45) is 0.423. The maximum atomic E-state index is 12.2. The summed E-state index contributed by atoms with van der Waals surface area (Å²) < 4.78 is 39.8. The number of ether oxygens (including phenoxy) is 5. The van der Waals surface area contributed by atoms with Crippen LogP contribution in [0.3, 0.4) is 0 Å². The molecule has 0 spiro atoms. The Balaban J connectivity index is 1.50. The molecule has 4 rings (SSSR count). The number of anilines is 2. The van der Waals surface area contributed by atoms with Crippen molar-refractivity contribution in [3.05, 3.63) is 6.33 Å². The fourth-order valence-corrected chi connectivity index (χ4v) is 5.82. The smallest absolute Gasteiger partial charge is 0.326 e. The molecule has 3 aliphatic rings. The van der Waals surface area contributed by atoms with E-state index in [0.717, 1.165) is 0 Å². The maximum absolute atomic E-state index is 12.2. The van der Waals surface area contributed by atoms with Gasteiger partial charge in [0.1, 0.15) is 31.2 Å². The number of nitrogens with two attached hydrogens (primary N) is 1. The highest BCUT2D eigenvalue weighted by atomic mass is 32.7. The van der Waals surface area contributed by atoms with Gasteiger partial charge in [-0.2, -0.15) is 15.8 Å². The number of esters is 1. The van der Waals surface area contributed by atoms with Gasteiger partial charge in [-0.05, 0) is 22.5 Å². The highest BCUT2D eigenvalue weighted by molar-refractivity contribution is 8.37. The first kappa shape index (κ1) is 27.3. The zero-order valence-corrected chi connectivity index (χ0v) is 22.0. The standard InChI is InChI=1S/C19H31N7O8PS/c1-5-29-19-32-13-10(6-30-35(36,34-21)25-11(9(2)3)18(27)28-4)31-17(14(13)33-19)26-8-24-12-15(20)22-7-23-16(12)26/h7-11,13-14,17,19H,5-6H2,1-4,21H3,(H,25,36)(H2,20,22,23)/q+2/t10-,11?,13-,14-,17-,19?,35?/m1/s1. The third-order valence-corrected chi connectivity index (χ3v) is 8.16. The second kappa shape index (κ2) is 11.3. The van der Waals surface area contributed by atoms with E-state index < -0.39 is 50.1 Å². The van der Waals surface area contributed by atoms with Gasteiger partial charge in [-0.3, -0.25) is 4.79 Å². The normalized spacial score (nSPS) is 29.3. The molecule has 1 radical (unpaired) electrons. The molecule has 199 valence electrons. The van der Waals surface area contributed by atoms with E-state index in [-0.39, 0.29) is 18.3 Å². The van der Waals surface area contributed by atoms with Crippen molar-refractivity contribution in [2.45, 2.75) is 57.8 Å². The largest absolute Gasteiger partial charge is 0.468 e. The minimum atomic E-state index is -3.21. The second-order valence-electron chi connectivity index (χ2n) is 8.39. The molecule has 1 aromatic heterocycles. The van der Waals surface area contributed by atoms with Crippen LogP contribution in [0.15, 0.2) is 6.33 Å². The van der Waals surface area contributed by atoms with Crippen molar-refractivity contribution in [3.63, 3.8) is 0 Å². The lowest BCUT2D eigenvalue weighted by atomic mass is 10.1. The quantitative estimate of drug-likeness (QED) is 0.131. The van der Waals surface area contributed by atoms with Gasteiger partial charge >= 0.3 is 5.97 Å². The number of nitrogen functional groups attached to an aromatic ring is 1. The van der Waals surface area contributed by atoms with Crippen LogP contribution in [0.2, 0.25) is 0 Å². The van der Waals surface area contributed by atoms with Gasteiger partial charge in [-0.1, -0.05) is 13.8 Å². The van der Waals surface area contributed by atoms with Crippen LogP contribution in [0, 0.1) is 5.92 Å². The van der Waals surface area contributed by atoms with Crippen LogP contribution in [-0.4, -0.2) is 79.7 Å². The van der Waals surface area contributed by atoms with Crippen LogP contribution >= 0.6 is 7.07 Å². The van der Waals surface area contributed by atoms with E-state index in [1.165, 1.54) is 13.4 Å². The first-order valence-electron chi connectivity index (χ1n) is 11.3. The summed E-state index contributed by atoms with van der Waals surface area (Å²) in [5.74, 6) is 3.54. The number of nitrogens with one attached hydrogen (secondary N) is 1. The number of quaternary nitrogens is 1. The predicted molar refractivity (Wildman–Crippen MR) is 129 cm³/mol. The number of hydrogen-bond donors (Lipinski definition) is 3. The second-order valence-corrected chi connectivity index (χ2v) is 11.6. The van der Waals surface area contributed by atoms with E-state index in [2.05, 4.69) is 25.9 Å². The Kier molecular flexibility index (Phi) is 8.61. The molecule has 15 nitrogen and oxygen atoms in total. The molecule has 2 saturated heterocycles. The maximum Gasteiger partial charge on any atom is 0.326 e. The summed E-state index contributed by atoms with van der Waals surface area (Å²) in [5, 5.41) is 2.96. The highest BCUT2D eigenvalue weighted by Crippen LogP contribution is 2.54. The average molecular weight is 549 g/mol. The monoisotopic (exact) mass is 548 g/mol. The molecule has 0 aliphatic carbocycles. The van der Waals surface area contributed by atoms with Gasteiger partial charge in [0.25, 0.3) is 31.4 Å². The molecule has 0 bridgehead atoms. The SMILES string of the molecule is CCOC1O[C@@H]2[C@H](O1)[C@@H](CO[P+]([S-])(NC(C(=O)OC)C(C)C)O[NH3+])O[C@H]2N1C=[N+]c2c(N)ncnc21. The van der Waals surface area contributed by atoms with Crippen molar-refractivity contribution in [1.29, 1.82) is 0 Å². The molecule has 2 fully saturated rings. The Morgan fingerprint density at radius 2 is 2.11 bits per heavy atom. The van der Waals surface area contributed by atoms with Gasteiger partial charge < -0.3 is 41.7 Å². The number of carbonyl (C=O) groups is 1. The van der Waals surface area contributed by atoms with Crippen molar-refractivity contribution in [1.82, 2.24) is 20.0 Å². The lowest BCUT2D eigenvalue weighted by Crippen LogP contribution is -2.53. The Morgan fingerprint density at radius 1 is 1.36 bits per heavy atom. The molecular formula is C19H31N7O8PS+2. The summed E-state index contributed by atoms with van der Waals surface area (Å²) in [7, 11) is -1.91. The van der Waals surface area contributed by atoms with E-state index in [0.29, 0.717) is 18.1 Å². The molecule has 3 aliphatic heterocycles. The van der Waals surface area contributed by atoms with Crippen molar-refractivity contribution in [2.24, 2.45) is 5.92 Å². The van der Waals surface area contributed by atoms with Gasteiger partial charge in [0.05, 0.1) is 7.11 Å². The molecule has 0 saturated carbocycles. The molecule has 17 heteroatoms. The molecule has 1 aromatic rings. The lowest BCUT2D eigenvalue weighted by Gasteiger charge is -2.30. The summed E-state index contributed by atoms with van der Waals surface area (Å²) in [5.41, 5.74) is 6.37. The van der Waals surface area contributed by atoms with Gasteiger partial charge in [0.2, 0.25) is 6.23 Å². The molecule has 7 atom stereocenters. The molecule has 4 heterocycles.